The number of nitrogens with one attached hydrogen (secondary N) is 2. The minimum Gasteiger partial charge on any atom is -0.357 e. The molecule has 0 spiro atoms. The van der Waals surface area contributed by atoms with Gasteiger partial charge >= 0.3 is 6.18 Å². The van der Waals surface area contributed by atoms with E-state index >= 15 is 0 Å². The van der Waals surface area contributed by atoms with E-state index in [2.05, 4.69) is 32.5 Å². The first-order valence-corrected chi connectivity index (χ1v) is 8.40. The highest BCUT2D eigenvalue weighted by molar-refractivity contribution is 5.79. The summed E-state index contributed by atoms with van der Waals surface area (Å²) in [6.45, 7) is 8.40. The SMILES string of the molecule is CCNC(=NCCCN1CCCN(C)CC1)NCCC(F)(F)F. The fraction of sp³-hybridized carbons (Fsp3) is 0.933. The topological polar surface area (TPSA) is 42.9 Å². The van der Waals surface area contributed by atoms with Gasteiger partial charge in [0.2, 0.25) is 0 Å². The van der Waals surface area contributed by atoms with Crippen LogP contribution < -0.4 is 10.6 Å². The van der Waals surface area contributed by atoms with Crippen LogP contribution in [0.5, 0.6) is 0 Å². The Bertz CT molecular complexity index is 346. The van der Waals surface area contributed by atoms with Gasteiger partial charge in [-0.05, 0) is 46.4 Å². The molecule has 5 nitrogen and oxygen atoms in total. The molecule has 0 aliphatic carbocycles. The fourth-order valence-electron chi connectivity index (χ4n) is 2.47. The second kappa shape index (κ2) is 10.7. The van der Waals surface area contributed by atoms with Gasteiger partial charge in [0.1, 0.15) is 0 Å². The highest BCUT2D eigenvalue weighted by Crippen LogP contribution is 2.18. The molecule has 1 aliphatic rings. The Morgan fingerprint density at radius 2 is 1.91 bits per heavy atom. The Morgan fingerprint density at radius 1 is 1.13 bits per heavy atom. The van der Waals surface area contributed by atoms with Crippen LogP contribution in [0.25, 0.3) is 0 Å². The molecule has 1 fully saturated rings. The number of hydrogen-bond donors (Lipinski definition) is 2. The van der Waals surface area contributed by atoms with E-state index in [0.29, 0.717) is 19.0 Å². The van der Waals surface area contributed by atoms with Crippen molar-refractivity contribution in [2.24, 2.45) is 4.99 Å². The van der Waals surface area contributed by atoms with E-state index in [0.717, 1.165) is 39.1 Å². The Morgan fingerprint density at radius 3 is 2.61 bits per heavy atom. The lowest BCUT2D eigenvalue weighted by molar-refractivity contribution is -0.132. The summed E-state index contributed by atoms with van der Waals surface area (Å²) in [7, 11) is 2.14. The van der Waals surface area contributed by atoms with Crippen molar-refractivity contribution in [3.63, 3.8) is 0 Å². The molecular weight excluding hydrogens is 307 g/mol. The van der Waals surface area contributed by atoms with E-state index in [1.54, 1.807) is 0 Å². The van der Waals surface area contributed by atoms with Crippen molar-refractivity contribution in [1.82, 2.24) is 20.4 Å². The van der Waals surface area contributed by atoms with Gasteiger partial charge in [-0.15, -0.1) is 0 Å². The molecule has 0 aromatic heterocycles. The molecule has 0 radical (unpaired) electrons. The van der Waals surface area contributed by atoms with Crippen LogP contribution in [0.15, 0.2) is 4.99 Å². The summed E-state index contributed by atoms with van der Waals surface area (Å²) in [6.07, 6.45) is -2.88. The third-order valence-electron chi connectivity index (χ3n) is 3.76. The molecule has 1 aliphatic heterocycles. The standard InChI is InChI=1S/C15H30F3N5/c1-3-19-14(21-8-6-15(16,17)18)20-7-4-10-23-11-5-9-22(2)12-13-23/h3-13H2,1-2H3,(H2,19,20,21). The van der Waals surface area contributed by atoms with Crippen LogP contribution in [0.4, 0.5) is 13.2 Å². The number of aliphatic imine (C=N–C) groups is 1. The largest absolute Gasteiger partial charge is 0.390 e. The molecule has 1 rings (SSSR count). The summed E-state index contributed by atoms with van der Waals surface area (Å²) in [4.78, 5) is 9.12. The fourth-order valence-corrected chi connectivity index (χ4v) is 2.47. The number of nitrogens with zero attached hydrogens (tertiary/aromatic N) is 3. The van der Waals surface area contributed by atoms with Crippen molar-refractivity contribution in [3.8, 4) is 0 Å². The van der Waals surface area contributed by atoms with Gasteiger partial charge in [-0.1, -0.05) is 0 Å². The van der Waals surface area contributed by atoms with Crippen molar-refractivity contribution >= 4 is 5.96 Å². The smallest absolute Gasteiger partial charge is 0.357 e. The van der Waals surface area contributed by atoms with Crippen LogP contribution in [-0.2, 0) is 0 Å². The maximum absolute atomic E-state index is 12.2. The van der Waals surface area contributed by atoms with Crippen LogP contribution in [0.3, 0.4) is 0 Å². The molecule has 136 valence electrons. The summed E-state index contributed by atoms with van der Waals surface area (Å²) in [5.74, 6) is 0.465. The van der Waals surface area contributed by atoms with Gasteiger partial charge in [-0.25, -0.2) is 0 Å². The first kappa shape index (κ1) is 20.0. The zero-order chi connectivity index (χ0) is 17.1. The van der Waals surface area contributed by atoms with E-state index in [9.17, 15) is 13.2 Å². The molecule has 0 unspecified atom stereocenters. The molecule has 1 saturated heterocycles. The molecule has 0 atom stereocenters. The van der Waals surface area contributed by atoms with Gasteiger partial charge < -0.3 is 20.4 Å². The van der Waals surface area contributed by atoms with Crippen molar-refractivity contribution in [3.05, 3.63) is 0 Å². The first-order chi connectivity index (χ1) is 10.9. The van der Waals surface area contributed by atoms with Gasteiger partial charge in [-0.3, -0.25) is 4.99 Å². The van der Waals surface area contributed by atoms with Crippen LogP contribution in [0.1, 0.15) is 26.2 Å². The molecule has 8 heteroatoms. The van der Waals surface area contributed by atoms with Crippen LogP contribution in [0, 0.1) is 0 Å². The van der Waals surface area contributed by atoms with E-state index < -0.39 is 12.6 Å². The maximum atomic E-state index is 12.2. The van der Waals surface area contributed by atoms with Crippen molar-refractivity contribution in [2.75, 3.05) is 59.4 Å². The van der Waals surface area contributed by atoms with Crippen molar-refractivity contribution in [1.29, 1.82) is 0 Å². The Balaban J connectivity index is 2.25. The molecular formula is C15H30F3N5. The van der Waals surface area contributed by atoms with Crippen LogP contribution >= 0.6 is 0 Å². The van der Waals surface area contributed by atoms with Gasteiger partial charge in [0.25, 0.3) is 0 Å². The number of hydrogen-bond acceptors (Lipinski definition) is 3. The van der Waals surface area contributed by atoms with E-state index in [1.807, 2.05) is 6.92 Å². The normalized spacial score (nSPS) is 18.7. The molecule has 2 N–H and O–H groups in total. The molecule has 0 aromatic rings. The summed E-state index contributed by atoms with van der Waals surface area (Å²) in [6, 6.07) is 0. The lowest BCUT2D eigenvalue weighted by Gasteiger charge is -2.19. The molecule has 0 amide bonds. The van der Waals surface area contributed by atoms with Crippen molar-refractivity contribution in [2.45, 2.75) is 32.4 Å². The molecule has 1 heterocycles. The zero-order valence-corrected chi connectivity index (χ0v) is 14.3. The number of likely N-dealkylation sites (N-methyl/N-ethyl adjacent to an activating group) is 1. The third-order valence-corrected chi connectivity index (χ3v) is 3.76. The highest BCUT2D eigenvalue weighted by atomic mass is 19.4. The zero-order valence-electron chi connectivity index (χ0n) is 14.3. The average molecular weight is 337 g/mol. The highest BCUT2D eigenvalue weighted by Gasteiger charge is 2.26. The minimum absolute atomic E-state index is 0.145. The van der Waals surface area contributed by atoms with Crippen LogP contribution in [0.2, 0.25) is 0 Å². The number of halogens is 3. The average Bonchev–Trinajstić information content (AvgIpc) is 2.67. The monoisotopic (exact) mass is 337 g/mol. The first-order valence-electron chi connectivity index (χ1n) is 8.40. The van der Waals surface area contributed by atoms with Gasteiger partial charge in [0.15, 0.2) is 5.96 Å². The second-order valence-corrected chi connectivity index (χ2v) is 5.90. The lowest BCUT2D eigenvalue weighted by Crippen LogP contribution is -2.39. The molecule has 23 heavy (non-hydrogen) atoms. The Hall–Kier alpha value is -1.02. The van der Waals surface area contributed by atoms with Crippen molar-refractivity contribution < 1.29 is 13.2 Å². The second-order valence-electron chi connectivity index (χ2n) is 5.90. The van der Waals surface area contributed by atoms with Gasteiger partial charge in [-0.2, -0.15) is 13.2 Å². The summed E-state index contributed by atoms with van der Waals surface area (Å²) in [5, 5.41) is 5.70. The number of guanidine groups is 1. The maximum Gasteiger partial charge on any atom is 0.390 e. The third kappa shape index (κ3) is 10.4. The number of alkyl halides is 3. The van der Waals surface area contributed by atoms with E-state index in [4.69, 9.17) is 0 Å². The van der Waals surface area contributed by atoms with Gasteiger partial charge in [0, 0.05) is 32.7 Å². The van der Waals surface area contributed by atoms with Crippen LogP contribution in [-0.4, -0.2) is 81.3 Å². The summed E-state index contributed by atoms with van der Waals surface area (Å²) in [5.41, 5.74) is 0. The Kier molecular flexibility index (Phi) is 9.31. The predicted octanol–water partition coefficient (Wildman–Crippen LogP) is 1.52. The predicted molar refractivity (Wildman–Crippen MR) is 87.8 cm³/mol. The lowest BCUT2D eigenvalue weighted by atomic mass is 10.3. The quantitative estimate of drug-likeness (QED) is 0.420. The summed E-state index contributed by atoms with van der Waals surface area (Å²) >= 11 is 0. The minimum atomic E-state index is -4.13. The molecule has 0 saturated carbocycles. The van der Waals surface area contributed by atoms with E-state index in [1.165, 1.54) is 6.42 Å². The summed E-state index contributed by atoms with van der Waals surface area (Å²) < 4.78 is 36.5. The Labute approximate surface area is 137 Å². The molecule has 0 aromatic carbocycles. The number of rotatable bonds is 7. The van der Waals surface area contributed by atoms with E-state index in [-0.39, 0.29) is 6.54 Å². The molecule has 0 bridgehead atoms. The van der Waals surface area contributed by atoms with Gasteiger partial charge in [0.05, 0.1) is 6.42 Å².